The van der Waals surface area contributed by atoms with Crippen molar-refractivity contribution in [3.05, 3.63) is 60.7 Å². The first kappa shape index (κ1) is 15.2. The summed E-state index contributed by atoms with van der Waals surface area (Å²) in [7, 11) is 0. The summed E-state index contributed by atoms with van der Waals surface area (Å²) < 4.78 is 17.3. The summed E-state index contributed by atoms with van der Waals surface area (Å²) in [4.78, 5) is 0. The van der Waals surface area contributed by atoms with Crippen molar-refractivity contribution in [2.75, 3.05) is 13.2 Å². The van der Waals surface area contributed by atoms with Crippen LogP contribution in [0.1, 0.15) is 13.8 Å². The predicted octanol–water partition coefficient (Wildman–Crippen LogP) is 5.43. The number of para-hydroxylation sites is 1. The minimum atomic E-state index is 0.585. The Labute approximate surface area is 136 Å². The summed E-state index contributed by atoms with van der Waals surface area (Å²) in [6.07, 6.45) is 0. The van der Waals surface area contributed by atoms with E-state index >= 15 is 0 Å². The fraction of sp³-hybridized carbons (Fsp3) is 0.200. The van der Waals surface area contributed by atoms with Crippen LogP contribution in [0, 0.1) is 0 Å². The molecular formula is C20H20O3. The fourth-order valence-corrected chi connectivity index (χ4v) is 2.45. The molecule has 0 bridgehead atoms. The van der Waals surface area contributed by atoms with Gasteiger partial charge in [0, 0.05) is 0 Å². The Morgan fingerprint density at radius 3 is 2.13 bits per heavy atom. The summed E-state index contributed by atoms with van der Waals surface area (Å²) in [5, 5.41) is 2.16. The monoisotopic (exact) mass is 308 g/mol. The Morgan fingerprint density at radius 2 is 1.39 bits per heavy atom. The van der Waals surface area contributed by atoms with Crippen molar-refractivity contribution >= 4 is 10.8 Å². The van der Waals surface area contributed by atoms with E-state index in [0.717, 1.165) is 33.8 Å². The summed E-state index contributed by atoms with van der Waals surface area (Å²) in [6, 6.07) is 19.8. The normalized spacial score (nSPS) is 10.5. The number of hydrogen-bond donors (Lipinski definition) is 0. The SMILES string of the molecule is CCOc1ccc2cc(Oc3ccccc3)c(OCC)cc2c1. The van der Waals surface area contributed by atoms with Crippen LogP contribution < -0.4 is 14.2 Å². The molecule has 0 aliphatic rings. The first-order chi connectivity index (χ1) is 11.3. The molecule has 0 fully saturated rings. The lowest BCUT2D eigenvalue weighted by Gasteiger charge is -2.13. The molecular weight excluding hydrogens is 288 g/mol. The highest BCUT2D eigenvalue weighted by molar-refractivity contribution is 5.87. The van der Waals surface area contributed by atoms with Gasteiger partial charge in [0.25, 0.3) is 0 Å². The molecule has 3 aromatic rings. The zero-order valence-electron chi connectivity index (χ0n) is 13.4. The van der Waals surface area contributed by atoms with E-state index in [-0.39, 0.29) is 0 Å². The smallest absolute Gasteiger partial charge is 0.169 e. The standard InChI is InChI=1S/C20H20O3/c1-3-21-18-11-10-15-13-20(23-17-8-6-5-7-9-17)19(22-4-2)14-16(15)12-18/h5-14H,3-4H2,1-2H3. The minimum absolute atomic E-state index is 0.585. The maximum atomic E-state index is 5.99. The molecule has 0 unspecified atom stereocenters. The minimum Gasteiger partial charge on any atom is -0.494 e. The third-order valence-corrected chi connectivity index (χ3v) is 3.46. The lowest BCUT2D eigenvalue weighted by Crippen LogP contribution is -1.96. The molecule has 3 rings (SSSR count). The van der Waals surface area contributed by atoms with Gasteiger partial charge in [0.05, 0.1) is 13.2 Å². The maximum Gasteiger partial charge on any atom is 0.169 e. The average molecular weight is 308 g/mol. The van der Waals surface area contributed by atoms with Crippen molar-refractivity contribution in [2.45, 2.75) is 13.8 Å². The Morgan fingerprint density at radius 1 is 0.652 bits per heavy atom. The summed E-state index contributed by atoms with van der Waals surface area (Å²) in [6.45, 7) is 5.18. The van der Waals surface area contributed by atoms with Gasteiger partial charge in [-0.2, -0.15) is 0 Å². The van der Waals surface area contributed by atoms with Crippen LogP contribution in [0.25, 0.3) is 10.8 Å². The van der Waals surface area contributed by atoms with E-state index in [1.165, 1.54) is 0 Å². The molecule has 0 aliphatic carbocycles. The van der Waals surface area contributed by atoms with Crippen LogP contribution in [0.3, 0.4) is 0 Å². The van der Waals surface area contributed by atoms with Crippen LogP contribution in [0.4, 0.5) is 0 Å². The maximum absolute atomic E-state index is 5.99. The van der Waals surface area contributed by atoms with Crippen LogP contribution in [0.15, 0.2) is 60.7 Å². The highest BCUT2D eigenvalue weighted by Crippen LogP contribution is 2.36. The van der Waals surface area contributed by atoms with Crippen molar-refractivity contribution in [3.63, 3.8) is 0 Å². The number of benzene rings is 3. The Balaban J connectivity index is 2.01. The first-order valence-electron chi connectivity index (χ1n) is 7.86. The molecule has 0 aromatic heterocycles. The topological polar surface area (TPSA) is 27.7 Å². The molecule has 0 atom stereocenters. The van der Waals surface area contributed by atoms with Crippen molar-refractivity contribution in [2.24, 2.45) is 0 Å². The van der Waals surface area contributed by atoms with E-state index in [4.69, 9.17) is 14.2 Å². The lowest BCUT2D eigenvalue weighted by atomic mass is 10.1. The number of ether oxygens (including phenoxy) is 3. The van der Waals surface area contributed by atoms with Crippen molar-refractivity contribution < 1.29 is 14.2 Å². The molecule has 0 N–H and O–H groups in total. The Kier molecular flexibility index (Phi) is 4.67. The van der Waals surface area contributed by atoms with E-state index in [9.17, 15) is 0 Å². The molecule has 3 nitrogen and oxygen atoms in total. The first-order valence-corrected chi connectivity index (χ1v) is 7.86. The van der Waals surface area contributed by atoms with Gasteiger partial charge in [-0.1, -0.05) is 24.3 Å². The molecule has 118 valence electrons. The molecule has 0 saturated carbocycles. The molecule has 23 heavy (non-hydrogen) atoms. The van der Waals surface area contributed by atoms with Crippen LogP contribution in [0.2, 0.25) is 0 Å². The Bertz CT molecular complexity index is 781. The zero-order chi connectivity index (χ0) is 16.1. The van der Waals surface area contributed by atoms with E-state index in [1.54, 1.807) is 0 Å². The second-order valence-electron chi connectivity index (χ2n) is 5.09. The van der Waals surface area contributed by atoms with E-state index < -0.39 is 0 Å². The molecule has 0 aliphatic heterocycles. The van der Waals surface area contributed by atoms with E-state index in [0.29, 0.717) is 13.2 Å². The van der Waals surface area contributed by atoms with Crippen LogP contribution >= 0.6 is 0 Å². The molecule has 0 saturated heterocycles. The third kappa shape index (κ3) is 3.57. The van der Waals surface area contributed by atoms with Gasteiger partial charge in [0.1, 0.15) is 11.5 Å². The molecule has 0 radical (unpaired) electrons. The molecule has 0 heterocycles. The molecule has 3 aromatic carbocycles. The summed E-state index contributed by atoms with van der Waals surface area (Å²) >= 11 is 0. The highest BCUT2D eigenvalue weighted by atomic mass is 16.5. The second-order valence-corrected chi connectivity index (χ2v) is 5.09. The summed E-state index contributed by atoms with van der Waals surface area (Å²) in [5.41, 5.74) is 0. The highest BCUT2D eigenvalue weighted by Gasteiger charge is 2.09. The third-order valence-electron chi connectivity index (χ3n) is 3.46. The van der Waals surface area contributed by atoms with E-state index in [1.807, 2.05) is 74.5 Å². The number of rotatable bonds is 6. The largest absolute Gasteiger partial charge is 0.494 e. The van der Waals surface area contributed by atoms with Gasteiger partial charge < -0.3 is 14.2 Å². The van der Waals surface area contributed by atoms with Crippen molar-refractivity contribution in [1.29, 1.82) is 0 Å². The number of hydrogen-bond acceptors (Lipinski definition) is 3. The van der Waals surface area contributed by atoms with Gasteiger partial charge in [-0.3, -0.25) is 0 Å². The van der Waals surface area contributed by atoms with Gasteiger partial charge in [-0.25, -0.2) is 0 Å². The van der Waals surface area contributed by atoms with Crippen LogP contribution in [-0.4, -0.2) is 13.2 Å². The van der Waals surface area contributed by atoms with Gasteiger partial charge in [0.2, 0.25) is 0 Å². The zero-order valence-corrected chi connectivity index (χ0v) is 13.4. The fourth-order valence-electron chi connectivity index (χ4n) is 2.45. The van der Waals surface area contributed by atoms with Gasteiger partial charge in [-0.15, -0.1) is 0 Å². The van der Waals surface area contributed by atoms with E-state index in [2.05, 4.69) is 0 Å². The molecule has 3 heteroatoms. The van der Waals surface area contributed by atoms with Crippen LogP contribution in [0.5, 0.6) is 23.0 Å². The van der Waals surface area contributed by atoms with Gasteiger partial charge in [0.15, 0.2) is 11.5 Å². The summed E-state index contributed by atoms with van der Waals surface area (Å²) in [5.74, 6) is 3.10. The van der Waals surface area contributed by atoms with Gasteiger partial charge >= 0.3 is 0 Å². The quantitative estimate of drug-likeness (QED) is 0.607. The molecule has 0 amide bonds. The lowest BCUT2D eigenvalue weighted by molar-refractivity contribution is 0.322. The van der Waals surface area contributed by atoms with Crippen molar-refractivity contribution in [1.82, 2.24) is 0 Å². The average Bonchev–Trinajstić information content (AvgIpc) is 2.57. The van der Waals surface area contributed by atoms with Crippen molar-refractivity contribution in [3.8, 4) is 23.0 Å². The Hall–Kier alpha value is -2.68. The predicted molar refractivity (Wildman–Crippen MR) is 92.8 cm³/mol. The van der Waals surface area contributed by atoms with Crippen LogP contribution in [-0.2, 0) is 0 Å². The number of fused-ring (bicyclic) bond motifs is 1. The second kappa shape index (κ2) is 7.05. The molecule has 0 spiro atoms. The van der Waals surface area contributed by atoms with Gasteiger partial charge in [-0.05, 0) is 61.0 Å².